The van der Waals surface area contributed by atoms with Crippen LogP contribution in [0.5, 0.6) is 0 Å². The SMILES string of the molecule is [C-]#[N+]c1ccc2c(c1)C[C@@H](NC(=O)CC1CCCCC1)CN2Cc1cccc(Cl)c1. The van der Waals surface area contributed by atoms with E-state index in [0.29, 0.717) is 18.0 Å². The quantitative estimate of drug-likeness (QED) is 0.609. The maximum atomic E-state index is 12.7. The minimum absolute atomic E-state index is 0.0498. The monoisotopic (exact) mass is 421 g/mol. The van der Waals surface area contributed by atoms with Crippen LogP contribution in [0.2, 0.25) is 5.02 Å². The molecule has 0 aromatic heterocycles. The maximum Gasteiger partial charge on any atom is 0.220 e. The van der Waals surface area contributed by atoms with Gasteiger partial charge in [-0.2, -0.15) is 0 Å². The summed E-state index contributed by atoms with van der Waals surface area (Å²) in [4.78, 5) is 18.6. The van der Waals surface area contributed by atoms with E-state index in [-0.39, 0.29) is 11.9 Å². The minimum atomic E-state index is 0.0498. The fraction of sp³-hybridized carbons (Fsp3) is 0.440. The predicted molar refractivity (Wildman–Crippen MR) is 122 cm³/mol. The molecule has 1 aliphatic heterocycles. The molecule has 1 amide bonds. The topological polar surface area (TPSA) is 36.7 Å². The van der Waals surface area contributed by atoms with E-state index in [2.05, 4.69) is 21.1 Å². The summed E-state index contributed by atoms with van der Waals surface area (Å²) in [7, 11) is 0. The molecule has 1 heterocycles. The third-order valence-electron chi connectivity index (χ3n) is 6.27. The average Bonchev–Trinajstić information content (AvgIpc) is 2.74. The highest BCUT2D eigenvalue weighted by Gasteiger charge is 2.27. The Kier molecular flexibility index (Phi) is 6.59. The van der Waals surface area contributed by atoms with E-state index < -0.39 is 0 Å². The summed E-state index contributed by atoms with van der Waals surface area (Å²) in [5.74, 6) is 0.699. The number of rotatable bonds is 5. The second kappa shape index (κ2) is 9.53. The summed E-state index contributed by atoms with van der Waals surface area (Å²) in [5.41, 5.74) is 4.04. The number of fused-ring (bicyclic) bond motifs is 1. The number of carbonyl (C=O) groups excluding carboxylic acids is 1. The van der Waals surface area contributed by atoms with Gasteiger partial charge in [0.15, 0.2) is 5.69 Å². The van der Waals surface area contributed by atoms with Gasteiger partial charge in [-0.05, 0) is 54.5 Å². The molecule has 1 atom stereocenters. The Labute approximate surface area is 184 Å². The van der Waals surface area contributed by atoms with Crippen molar-refractivity contribution >= 4 is 28.9 Å². The van der Waals surface area contributed by atoms with Gasteiger partial charge in [0, 0.05) is 30.2 Å². The maximum absolute atomic E-state index is 12.7. The van der Waals surface area contributed by atoms with E-state index in [1.165, 1.54) is 32.1 Å². The summed E-state index contributed by atoms with van der Waals surface area (Å²) in [6.45, 7) is 8.83. The van der Waals surface area contributed by atoms with E-state index in [0.717, 1.165) is 41.3 Å². The van der Waals surface area contributed by atoms with Gasteiger partial charge in [0.25, 0.3) is 0 Å². The number of hydrogen-bond acceptors (Lipinski definition) is 2. The van der Waals surface area contributed by atoms with Crippen LogP contribution in [0.4, 0.5) is 11.4 Å². The lowest BCUT2D eigenvalue weighted by molar-refractivity contribution is -0.122. The summed E-state index contributed by atoms with van der Waals surface area (Å²) in [6.07, 6.45) is 7.57. The van der Waals surface area contributed by atoms with Gasteiger partial charge in [0.1, 0.15) is 0 Å². The van der Waals surface area contributed by atoms with Gasteiger partial charge >= 0.3 is 0 Å². The van der Waals surface area contributed by atoms with Gasteiger partial charge in [0.2, 0.25) is 5.91 Å². The second-order valence-corrected chi connectivity index (χ2v) is 9.05. The lowest BCUT2D eigenvalue weighted by Crippen LogP contribution is -2.48. The number of carbonyl (C=O) groups is 1. The minimum Gasteiger partial charge on any atom is -0.365 e. The van der Waals surface area contributed by atoms with Crippen molar-refractivity contribution in [3.63, 3.8) is 0 Å². The molecule has 1 fully saturated rings. The number of benzene rings is 2. The van der Waals surface area contributed by atoms with Gasteiger partial charge in [-0.15, -0.1) is 0 Å². The summed E-state index contributed by atoms with van der Waals surface area (Å²) < 4.78 is 0. The molecule has 156 valence electrons. The van der Waals surface area contributed by atoms with Crippen molar-refractivity contribution in [3.8, 4) is 0 Å². The summed E-state index contributed by atoms with van der Waals surface area (Å²) >= 11 is 6.18. The first kappa shape index (κ1) is 20.8. The van der Waals surface area contributed by atoms with E-state index >= 15 is 0 Å². The molecule has 0 bridgehead atoms. The Balaban J connectivity index is 1.50. The van der Waals surface area contributed by atoms with Crippen LogP contribution in [0.15, 0.2) is 42.5 Å². The number of anilines is 1. The van der Waals surface area contributed by atoms with Gasteiger partial charge in [-0.3, -0.25) is 4.79 Å². The van der Waals surface area contributed by atoms with Crippen molar-refractivity contribution in [1.82, 2.24) is 5.32 Å². The smallest absolute Gasteiger partial charge is 0.220 e. The lowest BCUT2D eigenvalue weighted by atomic mass is 9.86. The fourth-order valence-corrected chi connectivity index (χ4v) is 5.06. The first-order chi connectivity index (χ1) is 14.6. The number of amides is 1. The van der Waals surface area contributed by atoms with Crippen molar-refractivity contribution in [2.24, 2.45) is 5.92 Å². The molecule has 1 aliphatic carbocycles. The second-order valence-electron chi connectivity index (χ2n) is 8.61. The molecule has 30 heavy (non-hydrogen) atoms. The van der Waals surface area contributed by atoms with Crippen molar-refractivity contribution < 1.29 is 4.79 Å². The van der Waals surface area contributed by atoms with Crippen LogP contribution in [0.1, 0.15) is 49.7 Å². The third kappa shape index (κ3) is 5.15. The molecule has 0 saturated heterocycles. The molecule has 0 spiro atoms. The van der Waals surface area contributed by atoms with E-state index in [1.54, 1.807) is 0 Å². The molecule has 0 unspecified atom stereocenters. The van der Waals surface area contributed by atoms with Crippen molar-refractivity contribution in [2.45, 2.75) is 57.5 Å². The first-order valence-electron chi connectivity index (χ1n) is 10.9. The van der Waals surface area contributed by atoms with Gasteiger partial charge in [0.05, 0.1) is 12.6 Å². The summed E-state index contributed by atoms with van der Waals surface area (Å²) in [6, 6.07) is 13.8. The Hall–Kier alpha value is -2.51. The zero-order valence-electron chi connectivity index (χ0n) is 17.2. The molecule has 1 saturated carbocycles. The van der Waals surface area contributed by atoms with Gasteiger partial charge < -0.3 is 10.2 Å². The molecule has 5 heteroatoms. The standard InChI is InChI=1S/C25H28ClN3O/c1-27-22-10-11-24-20(14-22)15-23(28-25(30)13-18-6-3-2-4-7-18)17-29(24)16-19-8-5-9-21(26)12-19/h5,8-12,14,18,23H,2-4,6-7,13,15-17H2,(H,28,30)/t23-/m1/s1. The van der Waals surface area contributed by atoms with Crippen LogP contribution < -0.4 is 10.2 Å². The number of nitrogens with one attached hydrogen (secondary N) is 1. The highest BCUT2D eigenvalue weighted by atomic mass is 35.5. The van der Waals surface area contributed by atoms with Crippen LogP contribution in [0.3, 0.4) is 0 Å². The van der Waals surface area contributed by atoms with Crippen LogP contribution >= 0.6 is 11.6 Å². The van der Waals surface area contributed by atoms with E-state index in [4.69, 9.17) is 18.2 Å². The van der Waals surface area contributed by atoms with Crippen LogP contribution in [-0.4, -0.2) is 18.5 Å². The number of hydrogen-bond donors (Lipinski definition) is 1. The highest BCUT2D eigenvalue weighted by Crippen LogP contribution is 2.32. The molecular formula is C25H28ClN3O. The Bertz CT molecular complexity index is 946. The molecule has 4 rings (SSSR count). The molecule has 2 aromatic rings. The third-order valence-corrected chi connectivity index (χ3v) is 6.50. The van der Waals surface area contributed by atoms with Crippen molar-refractivity contribution in [1.29, 1.82) is 0 Å². The normalized spacial score (nSPS) is 19.1. The van der Waals surface area contributed by atoms with Gasteiger partial charge in [-0.25, -0.2) is 4.85 Å². The zero-order chi connectivity index (χ0) is 20.9. The van der Waals surface area contributed by atoms with E-state index in [9.17, 15) is 4.79 Å². The molecule has 1 N–H and O–H groups in total. The zero-order valence-corrected chi connectivity index (χ0v) is 18.0. The largest absolute Gasteiger partial charge is 0.365 e. The molecular weight excluding hydrogens is 394 g/mol. The Morgan fingerprint density at radius 1 is 1.17 bits per heavy atom. The summed E-state index contributed by atoms with van der Waals surface area (Å²) in [5, 5.41) is 4.01. The molecule has 4 nitrogen and oxygen atoms in total. The van der Waals surface area contributed by atoms with Crippen LogP contribution in [0.25, 0.3) is 4.85 Å². The number of halogens is 1. The van der Waals surface area contributed by atoms with Crippen molar-refractivity contribution in [2.75, 3.05) is 11.4 Å². The fourth-order valence-electron chi connectivity index (χ4n) is 4.85. The molecule has 2 aromatic carbocycles. The highest BCUT2D eigenvalue weighted by molar-refractivity contribution is 6.30. The van der Waals surface area contributed by atoms with Crippen molar-refractivity contribution in [3.05, 3.63) is 70.0 Å². The first-order valence-corrected chi connectivity index (χ1v) is 11.3. The predicted octanol–water partition coefficient (Wildman–Crippen LogP) is 5.91. The van der Waals surface area contributed by atoms with Gasteiger partial charge in [-0.1, -0.05) is 55.1 Å². The molecule has 2 aliphatic rings. The Morgan fingerprint density at radius 3 is 2.77 bits per heavy atom. The van der Waals surface area contributed by atoms with Crippen LogP contribution in [-0.2, 0) is 17.8 Å². The average molecular weight is 422 g/mol. The Morgan fingerprint density at radius 2 is 2.00 bits per heavy atom. The number of nitrogens with zero attached hydrogens (tertiary/aromatic N) is 2. The lowest BCUT2D eigenvalue weighted by Gasteiger charge is -2.37. The van der Waals surface area contributed by atoms with E-state index in [1.807, 2.05) is 36.4 Å². The molecule has 0 radical (unpaired) electrons. The van der Waals surface area contributed by atoms with Crippen LogP contribution in [0, 0.1) is 12.5 Å².